The second-order valence-electron chi connectivity index (χ2n) is 8.71. The van der Waals surface area contributed by atoms with Crippen LogP contribution in [0.4, 0.5) is 8.78 Å². The highest BCUT2D eigenvalue weighted by Crippen LogP contribution is 2.49. The van der Waals surface area contributed by atoms with E-state index in [-0.39, 0.29) is 42.2 Å². The maximum Gasteiger partial charge on any atom is 0.254 e. The second-order valence-corrected chi connectivity index (χ2v) is 11.1. The fourth-order valence-electron chi connectivity index (χ4n) is 5.00. The summed E-state index contributed by atoms with van der Waals surface area (Å²) in [6.07, 6.45) is 1.54. The first-order valence-corrected chi connectivity index (χ1v) is 12.9. The van der Waals surface area contributed by atoms with Gasteiger partial charge in [-0.3, -0.25) is 9.59 Å². The van der Waals surface area contributed by atoms with E-state index in [1.165, 1.54) is 29.2 Å². The Morgan fingerprint density at radius 3 is 2.50 bits per heavy atom. The number of rotatable bonds is 6. The summed E-state index contributed by atoms with van der Waals surface area (Å²) in [5, 5.41) is -0.407. The Balaban J connectivity index is 1.86. The molecule has 0 aliphatic carbocycles. The Morgan fingerprint density at radius 2 is 1.91 bits per heavy atom. The molecule has 2 heterocycles. The van der Waals surface area contributed by atoms with Crippen LogP contribution in [0.25, 0.3) is 0 Å². The molecule has 2 fully saturated rings. The Morgan fingerprint density at radius 1 is 1.21 bits per heavy atom. The van der Waals surface area contributed by atoms with Gasteiger partial charge in [-0.1, -0.05) is 17.7 Å². The summed E-state index contributed by atoms with van der Waals surface area (Å²) in [6.45, 7) is 0.483. The molecule has 2 atom stereocenters. The zero-order chi connectivity index (χ0) is 24.8. The fraction of sp³-hybridized carbons (Fsp3) is 0.391. The van der Waals surface area contributed by atoms with E-state index in [1.807, 2.05) is 0 Å². The van der Waals surface area contributed by atoms with Crippen molar-refractivity contribution in [2.75, 3.05) is 26.0 Å². The van der Waals surface area contributed by atoms with Crippen LogP contribution in [-0.2, 0) is 19.4 Å². The van der Waals surface area contributed by atoms with E-state index in [0.717, 1.165) is 18.4 Å². The van der Waals surface area contributed by atoms with E-state index in [0.29, 0.717) is 6.42 Å². The molecule has 2 aliphatic rings. The first kappa shape index (κ1) is 24.6. The van der Waals surface area contributed by atoms with Crippen LogP contribution in [0, 0.1) is 17.6 Å². The normalized spacial score (nSPS) is 21.8. The van der Waals surface area contributed by atoms with Gasteiger partial charge in [-0.2, -0.15) is 0 Å². The molecule has 2 aromatic rings. The van der Waals surface area contributed by atoms with Gasteiger partial charge >= 0.3 is 0 Å². The largest absolute Gasteiger partial charge is 0.381 e. The molecule has 34 heavy (non-hydrogen) atoms. The number of amides is 2. The van der Waals surface area contributed by atoms with Crippen molar-refractivity contribution in [3.8, 4) is 0 Å². The van der Waals surface area contributed by atoms with Gasteiger partial charge in [0.15, 0.2) is 9.84 Å². The molecule has 0 aromatic heterocycles. The Hall–Kier alpha value is -2.56. The quantitative estimate of drug-likeness (QED) is 0.599. The molecular formula is C23H23ClF2N2O5S. The third-order valence-electron chi connectivity index (χ3n) is 6.63. The molecule has 4 rings (SSSR count). The number of carbonyl (C=O) groups is 2. The number of hydrogen-bond acceptors (Lipinski definition) is 5. The number of nitrogens with zero attached hydrogens (tertiary/aromatic N) is 1. The van der Waals surface area contributed by atoms with Crippen molar-refractivity contribution in [3.63, 3.8) is 0 Å². The van der Waals surface area contributed by atoms with Crippen LogP contribution in [0.3, 0.4) is 0 Å². The molecule has 182 valence electrons. The minimum atomic E-state index is -3.59. The highest BCUT2D eigenvalue weighted by molar-refractivity contribution is 7.90. The maximum absolute atomic E-state index is 15.1. The van der Waals surface area contributed by atoms with Crippen LogP contribution < -0.4 is 5.73 Å². The number of ether oxygens (including phenoxy) is 1. The third kappa shape index (κ3) is 4.08. The molecule has 2 amide bonds. The summed E-state index contributed by atoms with van der Waals surface area (Å²) in [5.41, 5.74) is 4.16. The minimum Gasteiger partial charge on any atom is -0.381 e. The van der Waals surface area contributed by atoms with Gasteiger partial charge in [0.2, 0.25) is 5.91 Å². The molecule has 7 nitrogen and oxygen atoms in total. The van der Waals surface area contributed by atoms with Gasteiger partial charge in [-0.05, 0) is 48.7 Å². The number of likely N-dealkylation sites (tertiary alicyclic amines) is 1. The number of sulfone groups is 1. The first-order chi connectivity index (χ1) is 16.0. The molecule has 2 N–H and O–H groups in total. The van der Waals surface area contributed by atoms with Gasteiger partial charge in [-0.15, -0.1) is 0 Å². The summed E-state index contributed by atoms with van der Waals surface area (Å²) in [7, 11) is -3.59. The van der Waals surface area contributed by atoms with Crippen LogP contribution in [0.1, 0.15) is 34.7 Å². The molecule has 2 aromatic carbocycles. The number of carbonyl (C=O) groups excluding carboxylic acids is 2. The molecular weight excluding hydrogens is 490 g/mol. The first-order valence-electron chi connectivity index (χ1n) is 10.6. The molecule has 2 saturated heterocycles. The summed E-state index contributed by atoms with van der Waals surface area (Å²) in [5.74, 6) is -4.55. The van der Waals surface area contributed by atoms with Crippen LogP contribution in [0.15, 0.2) is 41.3 Å². The molecule has 2 aliphatic heterocycles. The van der Waals surface area contributed by atoms with E-state index < -0.39 is 55.7 Å². The van der Waals surface area contributed by atoms with E-state index in [4.69, 9.17) is 22.1 Å². The Kier molecular flexibility index (Phi) is 6.43. The number of hydrogen-bond donors (Lipinski definition) is 1. The number of nitrogens with two attached hydrogens (primary N) is 1. The van der Waals surface area contributed by atoms with E-state index in [9.17, 15) is 22.4 Å². The van der Waals surface area contributed by atoms with E-state index in [1.54, 1.807) is 0 Å². The van der Waals surface area contributed by atoms with Gasteiger partial charge < -0.3 is 15.4 Å². The molecule has 0 saturated carbocycles. The third-order valence-corrected chi connectivity index (χ3v) is 8.03. The van der Waals surface area contributed by atoms with Crippen molar-refractivity contribution in [2.24, 2.45) is 11.7 Å². The Bertz CT molecular complexity index is 1270. The van der Waals surface area contributed by atoms with Gasteiger partial charge in [0, 0.05) is 30.2 Å². The fourth-order valence-corrected chi connectivity index (χ4v) is 5.81. The summed E-state index contributed by atoms with van der Waals surface area (Å²) in [6, 6.07) is 7.23. The average molecular weight is 513 g/mol. The highest BCUT2D eigenvalue weighted by Gasteiger charge is 2.58. The average Bonchev–Trinajstić information content (AvgIpc) is 3.18. The standard InChI is InChI=1S/C23H23ClF2N2O5S/c1-34(31,32)15-5-2-4-13(8-15)21(29)28-7-3-6-23(28,22(27)30)20(14-11-33-12-14)16-9-19(26)17(24)10-18(16)25/h2,4-5,8-10,14,20H,3,6-7,11-12H2,1H3,(H2,27,30)/t20-,23+/m1/s1. The molecule has 0 unspecified atom stereocenters. The number of primary amides is 1. The van der Waals surface area contributed by atoms with Gasteiger partial charge in [-0.25, -0.2) is 17.2 Å². The monoisotopic (exact) mass is 512 g/mol. The number of benzene rings is 2. The molecule has 11 heteroatoms. The van der Waals surface area contributed by atoms with Crippen LogP contribution in [-0.4, -0.2) is 56.7 Å². The van der Waals surface area contributed by atoms with Crippen molar-refractivity contribution in [3.05, 3.63) is 64.2 Å². The van der Waals surface area contributed by atoms with Crippen LogP contribution in [0.5, 0.6) is 0 Å². The van der Waals surface area contributed by atoms with Crippen molar-refractivity contribution in [2.45, 2.75) is 29.2 Å². The topological polar surface area (TPSA) is 107 Å². The van der Waals surface area contributed by atoms with Crippen molar-refractivity contribution >= 4 is 33.3 Å². The van der Waals surface area contributed by atoms with Crippen molar-refractivity contribution in [1.29, 1.82) is 0 Å². The lowest BCUT2D eigenvalue weighted by molar-refractivity contribution is -0.134. The lowest BCUT2D eigenvalue weighted by atomic mass is 9.68. The SMILES string of the molecule is CS(=O)(=O)c1cccc(C(=O)N2CCC[C@@]2(C(N)=O)[C@@H](c2cc(F)c(Cl)cc2F)C2COC2)c1. The summed E-state index contributed by atoms with van der Waals surface area (Å²) < 4.78 is 58.8. The van der Waals surface area contributed by atoms with Crippen LogP contribution >= 0.6 is 11.6 Å². The lowest BCUT2D eigenvalue weighted by Gasteiger charge is -2.47. The van der Waals surface area contributed by atoms with E-state index in [2.05, 4.69) is 0 Å². The van der Waals surface area contributed by atoms with Gasteiger partial charge in [0.1, 0.15) is 17.2 Å². The lowest BCUT2D eigenvalue weighted by Crippen LogP contribution is -2.62. The predicted molar refractivity (Wildman–Crippen MR) is 120 cm³/mol. The van der Waals surface area contributed by atoms with Crippen molar-refractivity contribution < 1.29 is 31.5 Å². The van der Waals surface area contributed by atoms with Gasteiger partial charge in [0.05, 0.1) is 23.1 Å². The predicted octanol–water partition coefficient (Wildman–Crippen LogP) is 2.91. The zero-order valence-electron chi connectivity index (χ0n) is 18.3. The summed E-state index contributed by atoms with van der Waals surface area (Å²) in [4.78, 5) is 27.9. The zero-order valence-corrected chi connectivity index (χ0v) is 19.8. The second kappa shape index (κ2) is 8.90. The molecule has 0 spiro atoms. The minimum absolute atomic E-state index is 0.0434. The van der Waals surface area contributed by atoms with Crippen molar-refractivity contribution in [1.82, 2.24) is 4.90 Å². The highest BCUT2D eigenvalue weighted by atomic mass is 35.5. The van der Waals surface area contributed by atoms with E-state index >= 15 is 4.39 Å². The van der Waals surface area contributed by atoms with Crippen LogP contribution in [0.2, 0.25) is 5.02 Å². The van der Waals surface area contributed by atoms with Gasteiger partial charge in [0.25, 0.3) is 5.91 Å². The molecule has 0 radical (unpaired) electrons. The maximum atomic E-state index is 15.1. The summed E-state index contributed by atoms with van der Waals surface area (Å²) >= 11 is 5.74. The Labute approximate surface area is 200 Å². The smallest absolute Gasteiger partial charge is 0.254 e. The number of halogens is 3. The molecule has 0 bridgehead atoms.